The van der Waals surface area contributed by atoms with E-state index in [-0.39, 0.29) is 22.8 Å². The molecule has 1 saturated heterocycles. The Labute approximate surface area is 194 Å². The van der Waals surface area contributed by atoms with E-state index in [1.807, 2.05) is 0 Å². The molecule has 1 aliphatic heterocycles. The van der Waals surface area contributed by atoms with Crippen LogP contribution in [-0.4, -0.2) is 37.9 Å². The normalized spacial score (nSPS) is 27.6. The molecule has 184 valence electrons. The Morgan fingerprint density at radius 2 is 1.52 bits per heavy atom. The fourth-order valence-electron chi connectivity index (χ4n) is 5.88. The largest absolute Gasteiger partial charge is 0.416 e. The minimum atomic E-state index is -4.51. The first-order chi connectivity index (χ1) is 15.6. The highest BCUT2D eigenvalue weighted by Crippen LogP contribution is 2.37. The summed E-state index contributed by atoms with van der Waals surface area (Å²) in [6, 6.07) is 3.59. The van der Waals surface area contributed by atoms with Gasteiger partial charge in [-0.15, -0.1) is 0 Å². The number of halogens is 3. The molecule has 5 nitrogen and oxygen atoms in total. The van der Waals surface area contributed by atoms with Gasteiger partial charge in [0.2, 0.25) is 15.9 Å². The third-order valence-electron chi connectivity index (χ3n) is 7.67. The Bertz CT molecular complexity index is 919. The van der Waals surface area contributed by atoms with Crippen LogP contribution in [0.25, 0.3) is 0 Å². The average Bonchev–Trinajstić information content (AvgIpc) is 3.29. The SMILES string of the molecule is O=C([C@H]1CC[C@H](NS(=O)(=O)c2ccc(C(F)(F)F)cc2)CC1)N1CCCC1C1CCCCC1. The van der Waals surface area contributed by atoms with Crippen molar-refractivity contribution >= 4 is 15.9 Å². The summed E-state index contributed by atoms with van der Waals surface area (Å²) >= 11 is 0. The molecule has 0 spiro atoms. The summed E-state index contributed by atoms with van der Waals surface area (Å²) in [6.07, 6.45) is 6.26. The van der Waals surface area contributed by atoms with Gasteiger partial charge in [-0.05, 0) is 81.5 Å². The Morgan fingerprint density at radius 1 is 0.879 bits per heavy atom. The van der Waals surface area contributed by atoms with Crippen LogP contribution >= 0.6 is 0 Å². The fourth-order valence-corrected chi connectivity index (χ4v) is 7.18. The first-order valence-corrected chi connectivity index (χ1v) is 13.6. The van der Waals surface area contributed by atoms with Gasteiger partial charge in [-0.2, -0.15) is 13.2 Å². The van der Waals surface area contributed by atoms with Crippen LogP contribution in [0.4, 0.5) is 13.2 Å². The lowest BCUT2D eigenvalue weighted by Gasteiger charge is -2.37. The van der Waals surface area contributed by atoms with Crippen molar-refractivity contribution in [1.82, 2.24) is 9.62 Å². The van der Waals surface area contributed by atoms with Crippen molar-refractivity contribution in [2.45, 2.75) is 93.8 Å². The van der Waals surface area contributed by atoms with Crippen LogP contribution in [0.2, 0.25) is 0 Å². The topological polar surface area (TPSA) is 66.5 Å². The smallest absolute Gasteiger partial charge is 0.339 e. The molecule has 2 saturated carbocycles. The van der Waals surface area contributed by atoms with Gasteiger partial charge in [0.05, 0.1) is 10.5 Å². The number of sulfonamides is 1. The Morgan fingerprint density at radius 3 is 2.12 bits per heavy atom. The summed E-state index contributed by atoms with van der Waals surface area (Å²) < 4.78 is 66.1. The molecule has 1 N–H and O–H groups in total. The highest BCUT2D eigenvalue weighted by atomic mass is 32.2. The first kappa shape index (κ1) is 24.5. The molecule has 1 aromatic carbocycles. The maximum atomic E-state index is 13.3. The summed E-state index contributed by atoms with van der Waals surface area (Å²) in [6.45, 7) is 0.834. The predicted molar refractivity (Wildman–Crippen MR) is 119 cm³/mol. The van der Waals surface area contributed by atoms with Crippen LogP contribution in [0.5, 0.6) is 0 Å². The standard InChI is InChI=1S/C24H33F3N2O3S/c25-24(26,27)19-10-14-21(15-11-19)33(31,32)28-20-12-8-18(9-13-20)23(30)29-16-4-7-22(29)17-5-2-1-3-6-17/h10-11,14-15,17-18,20,22,28H,1-9,12-13,16H2/t18-,20-,22?. The van der Waals surface area contributed by atoms with Crippen molar-refractivity contribution in [2.75, 3.05) is 6.54 Å². The molecular weight excluding hydrogens is 453 g/mol. The van der Waals surface area contributed by atoms with Crippen LogP contribution in [0.1, 0.15) is 76.2 Å². The molecule has 33 heavy (non-hydrogen) atoms. The monoisotopic (exact) mass is 486 g/mol. The second kappa shape index (κ2) is 9.94. The quantitative estimate of drug-likeness (QED) is 0.629. The number of carbonyl (C=O) groups is 1. The molecule has 4 rings (SSSR count). The van der Waals surface area contributed by atoms with E-state index in [4.69, 9.17) is 0 Å². The fraction of sp³-hybridized carbons (Fsp3) is 0.708. The molecule has 1 heterocycles. The van der Waals surface area contributed by atoms with Gasteiger partial charge in [-0.1, -0.05) is 19.3 Å². The van der Waals surface area contributed by atoms with Crippen LogP contribution in [-0.2, 0) is 21.0 Å². The van der Waals surface area contributed by atoms with Gasteiger partial charge in [0.1, 0.15) is 0 Å². The summed E-state index contributed by atoms with van der Waals surface area (Å²) in [5.74, 6) is 0.783. The van der Waals surface area contributed by atoms with E-state index in [0.29, 0.717) is 37.6 Å². The molecule has 1 aromatic rings. The molecule has 1 amide bonds. The van der Waals surface area contributed by atoms with E-state index < -0.39 is 21.8 Å². The molecule has 9 heteroatoms. The second-order valence-electron chi connectivity index (χ2n) is 9.83. The Kier molecular flexibility index (Phi) is 7.38. The number of likely N-dealkylation sites (tertiary alicyclic amines) is 1. The summed E-state index contributed by atoms with van der Waals surface area (Å²) in [5.41, 5.74) is -0.881. The van der Waals surface area contributed by atoms with Crippen molar-refractivity contribution in [3.05, 3.63) is 29.8 Å². The number of carbonyl (C=O) groups excluding carboxylic acids is 1. The third-order valence-corrected chi connectivity index (χ3v) is 9.20. The number of hydrogen-bond donors (Lipinski definition) is 1. The molecule has 3 aliphatic rings. The van der Waals surface area contributed by atoms with E-state index in [1.165, 1.54) is 32.1 Å². The van der Waals surface area contributed by atoms with E-state index in [0.717, 1.165) is 43.7 Å². The number of rotatable bonds is 5. The first-order valence-electron chi connectivity index (χ1n) is 12.2. The van der Waals surface area contributed by atoms with Crippen LogP contribution in [0.15, 0.2) is 29.2 Å². The van der Waals surface area contributed by atoms with Crippen LogP contribution in [0, 0.1) is 11.8 Å². The number of amides is 1. The lowest BCUT2D eigenvalue weighted by atomic mass is 9.81. The van der Waals surface area contributed by atoms with E-state index in [1.54, 1.807) is 0 Å². The number of nitrogens with one attached hydrogen (secondary N) is 1. The second-order valence-corrected chi connectivity index (χ2v) is 11.5. The van der Waals surface area contributed by atoms with Crippen molar-refractivity contribution in [3.8, 4) is 0 Å². The molecule has 1 atom stereocenters. The Hall–Kier alpha value is -1.61. The third kappa shape index (κ3) is 5.73. The molecule has 1 unspecified atom stereocenters. The van der Waals surface area contributed by atoms with Gasteiger partial charge in [-0.25, -0.2) is 13.1 Å². The van der Waals surface area contributed by atoms with Crippen molar-refractivity contribution < 1.29 is 26.4 Å². The zero-order valence-corrected chi connectivity index (χ0v) is 19.6. The molecule has 0 bridgehead atoms. The van der Waals surface area contributed by atoms with E-state index in [9.17, 15) is 26.4 Å². The van der Waals surface area contributed by atoms with Gasteiger partial charge in [0, 0.05) is 24.5 Å². The van der Waals surface area contributed by atoms with Gasteiger partial charge in [0.15, 0.2) is 0 Å². The molecule has 0 aromatic heterocycles. The maximum absolute atomic E-state index is 13.3. The van der Waals surface area contributed by atoms with Crippen molar-refractivity contribution in [1.29, 1.82) is 0 Å². The molecule has 2 aliphatic carbocycles. The maximum Gasteiger partial charge on any atom is 0.416 e. The molecular formula is C24H33F3N2O3S. The number of benzene rings is 1. The van der Waals surface area contributed by atoms with Crippen molar-refractivity contribution in [2.24, 2.45) is 11.8 Å². The zero-order valence-electron chi connectivity index (χ0n) is 18.8. The summed E-state index contributed by atoms with van der Waals surface area (Å²) in [7, 11) is -3.91. The highest BCUT2D eigenvalue weighted by molar-refractivity contribution is 7.89. The van der Waals surface area contributed by atoms with Crippen LogP contribution < -0.4 is 4.72 Å². The summed E-state index contributed by atoms with van der Waals surface area (Å²) in [5, 5.41) is 0. The van der Waals surface area contributed by atoms with Crippen LogP contribution in [0.3, 0.4) is 0 Å². The lowest BCUT2D eigenvalue weighted by Crippen LogP contribution is -2.46. The minimum absolute atomic E-state index is 0.0685. The number of alkyl halides is 3. The number of hydrogen-bond acceptors (Lipinski definition) is 3. The van der Waals surface area contributed by atoms with Gasteiger partial charge in [0.25, 0.3) is 0 Å². The minimum Gasteiger partial charge on any atom is -0.339 e. The zero-order chi connectivity index (χ0) is 23.6. The average molecular weight is 487 g/mol. The molecule has 0 radical (unpaired) electrons. The van der Waals surface area contributed by atoms with Gasteiger partial charge < -0.3 is 4.90 Å². The molecule has 3 fully saturated rings. The lowest BCUT2D eigenvalue weighted by molar-refractivity contribution is -0.139. The highest BCUT2D eigenvalue weighted by Gasteiger charge is 2.39. The van der Waals surface area contributed by atoms with E-state index >= 15 is 0 Å². The number of nitrogens with zero attached hydrogens (tertiary/aromatic N) is 1. The van der Waals surface area contributed by atoms with Gasteiger partial charge in [-0.3, -0.25) is 4.79 Å². The van der Waals surface area contributed by atoms with Crippen molar-refractivity contribution in [3.63, 3.8) is 0 Å². The summed E-state index contributed by atoms with van der Waals surface area (Å²) in [4.78, 5) is 15.2. The predicted octanol–water partition coefficient (Wildman–Crippen LogP) is 5.11. The van der Waals surface area contributed by atoms with Gasteiger partial charge >= 0.3 is 6.18 Å². The Balaban J connectivity index is 1.31. The van der Waals surface area contributed by atoms with E-state index in [2.05, 4.69) is 9.62 Å².